The Morgan fingerprint density at radius 2 is 1.15 bits per heavy atom. The number of anilines is 4. The third-order valence-electron chi connectivity index (χ3n) is 9.18. The molecule has 2 aliphatic carbocycles. The van der Waals surface area contributed by atoms with Gasteiger partial charge in [-0.2, -0.15) is 0 Å². The summed E-state index contributed by atoms with van der Waals surface area (Å²) >= 11 is 0. The number of hydrogen-bond donors (Lipinski definition) is 0. The van der Waals surface area contributed by atoms with Crippen LogP contribution >= 0.6 is 0 Å². The second kappa shape index (κ2) is 13.3. The van der Waals surface area contributed by atoms with E-state index in [9.17, 15) is 0 Å². The highest BCUT2D eigenvalue weighted by molar-refractivity contribution is 5.89. The summed E-state index contributed by atoms with van der Waals surface area (Å²) in [7, 11) is 0. The predicted molar refractivity (Wildman–Crippen MR) is 204 cm³/mol. The zero-order chi connectivity index (χ0) is 32.1. The summed E-state index contributed by atoms with van der Waals surface area (Å²) in [5, 5.41) is 2.47. The SMILES string of the molecule is C1=CC=C(c2ccc(N(c3ccccc3)c3ccc4ccccc4c3)cc2)C=CC=1N(C1=Cc2ccccc2CCC1)c1ccccc1. The van der Waals surface area contributed by atoms with E-state index in [2.05, 4.69) is 198 Å². The Morgan fingerprint density at radius 1 is 0.500 bits per heavy atom. The maximum Gasteiger partial charge on any atom is 0.0888 e. The van der Waals surface area contributed by atoms with Crippen LogP contribution in [-0.4, -0.2) is 0 Å². The molecule has 0 aromatic heterocycles. The minimum Gasteiger partial charge on any atom is -0.310 e. The van der Waals surface area contributed by atoms with Crippen molar-refractivity contribution in [3.05, 3.63) is 210 Å². The van der Waals surface area contributed by atoms with E-state index in [0.717, 1.165) is 58.8 Å². The van der Waals surface area contributed by atoms with E-state index < -0.39 is 0 Å². The molecule has 0 amide bonds. The molecule has 0 saturated heterocycles. The number of para-hydroxylation sites is 2. The van der Waals surface area contributed by atoms with Gasteiger partial charge in [-0.25, -0.2) is 0 Å². The number of hydrogen-bond acceptors (Lipinski definition) is 2. The molecular weight excluding hydrogens is 581 g/mol. The van der Waals surface area contributed by atoms with Crippen molar-refractivity contribution in [2.75, 3.05) is 9.80 Å². The van der Waals surface area contributed by atoms with Crippen LogP contribution in [0.25, 0.3) is 22.4 Å². The third-order valence-corrected chi connectivity index (χ3v) is 9.18. The molecule has 0 aliphatic heterocycles. The average Bonchev–Trinajstić information content (AvgIpc) is 3.52. The lowest BCUT2D eigenvalue weighted by atomic mass is 10.0. The molecule has 0 saturated carbocycles. The van der Waals surface area contributed by atoms with Crippen LogP contribution in [0, 0.1) is 0 Å². The monoisotopic (exact) mass is 616 g/mol. The van der Waals surface area contributed by atoms with Crippen LogP contribution in [0.1, 0.15) is 29.5 Å². The van der Waals surface area contributed by atoms with Gasteiger partial charge in [0.2, 0.25) is 0 Å². The van der Waals surface area contributed by atoms with Gasteiger partial charge in [0, 0.05) is 28.4 Å². The zero-order valence-corrected chi connectivity index (χ0v) is 26.8. The van der Waals surface area contributed by atoms with E-state index in [-0.39, 0.29) is 0 Å². The van der Waals surface area contributed by atoms with Crippen molar-refractivity contribution in [2.24, 2.45) is 0 Å². The van der Waals surface area contributed by atoms with Crippen LogP contribution in [0.4, 0.5) is 22.7 Å². The lowest BCUT2D eigenvalue weighted by Gasteiger charge is -2.27. The number of allylic oxidation sites excluding steroid dienone is 5. The topological polar surface area (TPSA) is 6.48 Å². The summed E-state index contributed by atoms with van der Waals surface area (Å²) in [4.78, 5) is 4.69. The first-order chi connectivity index (χ1) is 23.8. The van der Waals surface area contributed by atoms with Gasteiger partial charge in [-0.15, -0.1) is 0 Å². The van der Waals surface area contributed by atoms with Crippen LogP contribution in [-0.2, 0) is 6.42 Å². The van der Waals surface area contributed by atoms with Crippen molar-refractivity contribution in [1.82, 2.24) is 0 Å². The normalized spacial score (nSPS) is 13.9. The highest BCUT2D eigenvalue weighted by Crippen LogP contribution is 2.37. The molecule has 0 N–H and O–H groups in total. The molecule has 48 heavy (non-hydrogen) atoms. The molecule has 0 bridgehead atoms. The third kappa shape index (κ3) is 6.06. The molecule has 6 aromatic rings. The van der Waals surface area contributed by atoms with Crippen molar-refractivity contribution in [3.63, 3.8) is 0 Å². The molecule has 2 nitrogen and oxygen atoms in total. The van der Waals surface area contributed by atoms with Crippen molar-refractivity contribution in [2.45, 2.75) is 19.3 Å². The molecule has 230 valence electrons. The number of nitrogens with zero attached hydrogens (tertiary/aromatic N) is 2. The number of rotatable bonds is 7. The van der Waals surface area contributed by atoms with Gasteiger partial charge in [0.15, 0.2) is 0 Å². The fraction of sp³-hybridized carbons (Fsp3) is 0.0652. The molecule has 0 spiro atoms. The van der Waals surface area contributed by atoms with Crippen LogP contribution in [0.15, 0.2) is 193 Å². The van der Waals surface area contributed by atoms with Gasteiger partial charge in [-0.1, -0.05) is 115 Å². The van der Waals surface area contributed by atoms with E-state index in [1.165, 1.54) is 27.6 Å². The average molecular weight is 617 g/mol. The molecule has 6 aromatic carbocycles. The number of aryl methyl sites for hydroxylation is 1. The summed E-state index contributed by atoms with van der Waals surface area (Å²) in [6, 6.07) is 54.1. The Hall–Kier alpha value is -6.08. The first-order valence-corrected chi connectivity index (χ1v) is 16.7. The Kier molecular flexibility index (Phi) is 8.15. The molecule has 8 rings (SSSR count). The summed E-state index contributed by atoms with van der Waals surface area (Å²) < 4.78 is 0. The van der Waals surface area contributed by atoms with Crippen molar-refractivity contribution in [3.8, 4) is 0 Å². The Bertz CT molecular complexity index is 2230. The number of benzene rings is 6. The first-order valence-electron chi connectivity index (χ1n) is 16.7. The van der Waals surface area contributed by atoms with Gasteiger partial charge in [0.25, 0.3) is 0 Å². The molecule has 0 radical (unpaired) electrons. The van der Waals surface area contributed by atoms with Crippen LogP contribution in [0.2, 0.25) is 0 Å². The molecular formula is C46H36N2. The predicted octanol–water partition coefficient (Wildman–Crippen LogP) is 12.2. The van der Waals surface area contributed by atoms with Crippen molar-refractivity contribution in [1.29, 1.82) is 0 Å². The van der Waals surface area contributed by atoms with Crippen LogP contribution in [0.5, 0.6) is 0 Å². The largest absolute Gasteiger partial charge is 0.310 e. The Balaban J connectivity index is 1.10. The standard InChI is InChI=1S/C46H36N2/c1-3-19-41(20-4-1)47(45-24-12-17-35-13-7-9-15-39(35)33-45)43-23-11-18-36(25-29-43)38-26-30-44(31-27-38)48(42-21-5-2-6-22-42)46-32-28-37-14-8-10-16-40(37)34-46/h1-11,13-16,18-22,25-34H,12,17,24H2. The minimum atomic E-state index is 0.999. The summed E-state index contributed by atoms with van der Waals surface area (Å²) in [6.07, 6.45) is 14.2. The molecule has 2 aliphatic rings. The van der Waals surface area contributed by atoms with Gasteiger partial charge >= 0.3 is 0 Å². The fourth-order valence-corrected chi connectivity index (χ4v) is 6.79. The Labute approximate surface area is 283 Å². The lowest BCUT2D eigenvalue weighted by Crippen LogP contribution is -2.20. The fourth-order valence-electron chi connectivity index (χ4n) is 6.79. The van der Waals surface area contributed by atoms with Gasteiger partial charge in [0.1, 0.15) is 0 Å². The van der Waals surface area contributed by atoms with E-state index in [1.54, 1.807) is 0 Å². The van der Waals surface area contributed by atoms with E-state index in [1.807, 2.05) is 0 Å². The van der Waals surface area contributed by atoms with Gasteiger partial charge < -0.3 is 9.80 Å². The molecule has 0 unspecified atom stereocenters. The second-order valence-electron chi connectivity index (χ2n) is 12.3. The van der Waals surface area contributed by atoms with E-state index in [4.69, 9.17) is 0 Å². The summed E-state index contributed by atoms with van der Waals surface area (Å²) in [5.74, 6) is 0. The van der Waals surface area contributed by atoms with Gasteiger partial charge in [-0.3, -0.25) is 0 Å². The minimum absolute atomic E-state index is 0.999. The smallest absolute Gasteiger partial charge is 0.0888 e. The quantitative estimate of drug-likeness (QED) is 0.165. The van der Waals surface area contributed by atoms with E-state index >= 15 is 0 Å². The highest BCUT2D eigenvalue weighted by Gasteiger charge is 2.19. The van der Waals surface area contributed by atoms with Gasteiger partial charge in [-0.05, 0) is 125 Å². The van der Waals surface area contributed by atoms with Crippen molar-refractivity contribution < 1.29 is 0 Å². The molecule has 0 fully saturated rings. The number of fused-ring (bicyclic) bond motifs is 2. The zero-order valence-electron chi connectivity index (χ0n) is 26.8. The maximum atomic E-state index is 3.61. The molecule has 0 heterocycles. The van der Waals surface area contributed by atoms with Crippen molar-refractivity contribution >= 4 is 45.2 Å². The van der Waals surface area contributed by atoms with Crippen LogP contribution < -0.4 is 9.80 Å². The maximum absolute atomic E-state index is 3.61. The van der Waals surface area contributed by atoms with E-state index in [0.29, 0.717) is 0 Å². The first kappa shape index (κ1) is 29.3. The summed E-state index contributed by atoms with van der Waals surface area (Å²) in [6.45, 7) is 0. The van der Waals surface area contributed by atoms with Gasteiger partial charge in [0.05, 0.1) is 5.70 Å². The Morgan fingerprint density at radius 3 is 1.94 bits per heavy atom. The van der Waals surface area contributed by atoms with Crippen LogP contribution in [0.3, 0.4) is 0 Å². The molecule has 2 heteroatoms. The summed E-state index contributed by atoms with van der Waals surface area (Å²) in [5.41, 5.74) is 15.5. The lowest BCUT2D eigenvalue weighted by molar-refractivity contribution is 0.804. The highest BCUT2D eigenvalue weighted by atomic mass is 15.2. The molecule has 0 atom stereocenters. The second-order valence-corrected chi connectivity index (χ2v) is 12.3.